The predicted octanol–water partition coefficient (Wildman–Crippen LogP) is 6.64. The van der Waals surface area contributed by atoms with Crippen LogP contribution in [0.4, 0.5) is 43.9 Å². The molecule has 0 amide bonds. The SMILES string of the molecule is COC(=O)c1ccc(-c2ccc(CNc3nc(Nc4cccc(C(F)(F)F)c4)nc(OCC(F)(F)F)n3)cc2)cc1. The van der Waals surface area contributed by atoms with Crippen LogP contribution in [0, 0.1) is 0 Å². The van der Waals surface area contributed by atoms with E-state index in [0.29, 0.717) is 5.56 Å². The summed E-state index contributed by atoms with van der Waals surface area (Å²) in [5.41, 5.74) is 1.90. The van der Waals surface area contributed by atoms with Crippen LogP contribution in [-0.4, -0.2) is 40.8 Å². The van der Waals surface area contributed by atoms with Gasteiger partial charge < -0.3 is 20.1 Å². The Kier molecular flexibility index (Phi) is 8.59. The highest BCUT2D eigenvalue weighted by atomic mass is 19.4. The van der Waals surface area contributed by atoms with Crippen LogP contribution in [0.5, 0.6) is 6.01 Å². The summed E-state index contributed by atoms with van der Waals surface area (Å²) in [4.78, 5) is 23.2. The molecule has 0 aliphatic rings. The molecule has 214 valence electrons. The molecule has 0 fully saturated rings. The second-order valence-electron chi connectivity index (χ2n) is 8.49. The molecule has 2 N–H and O–H groups in total. The van der Waals surface area contributed by atoms with Crippen molar-refractivity contribution in [3.05, 3.63) is 89.5 Å². The first-order valence-electron chi connectivity index (χ1n) is 11.8. The Hall–Kier alpha value is -4.88. The molecule has 0 aliphatic heterocycles. The van der Waals surface area contributed by atoms with Gasteiger partial charge >= 0.3 is 24.3 Å². The van der Waals surface area contributed by atoms with E-state index in [1.165, 1.54) is 13.2 Å². The first-order chi connectivity index (χ1) is 19.4. The number of alkyl halides is 6. The molecule has 0 unspecified atom stereocenters. The van der Waals surface area contributed by atoms with Gasteiger partial charge in [0.2, 0.25) is 11.9 Å². The molecule has 0 saturated heterocycles. The topological polar surface area (TPSA) is 98.3 Å². The van der Waals surface area contributed by atoms with Gasteiger partial charge in [0, 0.05) is 12.2 Å². The summed E-state index contributed by atoms with van der Waals surface area (Å²) in [5.74, 6) is -0.949. The van der Waals surface area contributed by atoms with Gasteiger partial charge in [0.05, 0.1) is 18.2 Å². The van der Waals surface area contributed by atoms with E-state index in [4.69, 9.17) is 0 Å². The summed E-state index contributed by atoms with van der Waals surface area (Å²) < 4.78 is 86.6. The number of carbonyl (C=O) groups excluding carboxylic acids is 1. The Bertz CT molecular complexity index is 1490. The highest BCUT2D eigenvalue weighted by Gasteiger charge is 2.31. The van der Waals surface area contributed by atoms with Crippen LogP contribution in [0.2, 0.25) is 0 Å². The minimum atomic E-state index is -4.67. The second-order valence-corrected chi connectivity index (χ2v) is 8.49. The zero-order valence-corrected chi connectivity index (χ0v) is 21.2. The van der Waals surface area contributed by atoms with Gasteiger partial charge in [0.25, 0.3) is 0 Å². The third kappa shape index (κ3) is 8.30. The fourth-order valence-electron chi connectivity index (χ4n) is 3.52. The maximum Gasteiger partial charge on any atom is 0.422 e. The number of hydrogen-bond donors (Lipinski definition) is 2. The monoisotopic (exact) mass is 577 g/mol. The van der Waals surface area contributed by atoms with Gasteiger partial charge in [-0.1, -0.05) is 42.5 Å². The fourth-order valence-corrected chi connectivity index (χ4v) is 3.52. The molecular formula is C27H21F6N5O3. The molecule has 3 aromatic carbocycles. The molecular weight excluding hydrogens is 556 g/mol. The maximum absolute atomic E-state index is 13.1. The number of benzene rings is 3. The number of halogens is 6. The third-order valence-corrected chi connectivity index (χ3v) is 5.47. The largest absolute Gasteiger partial charge is 0.465 e. The van der Waals surface area contributed by atoms with Crippen molar-refractivity contribution >= 4 is 23.6 Å². The van der Waals surface area contributed by atoms with E-state index in [1.54, 1.807) is 36.4 Å². The lowest BCUT2D eigenvalue weighted by atomic mass is 10.0. The number of carbonyl (C=O) groups is 1. The van der Waals surface area contributed by atoms with Crippen LogP contribution in [0.3, 0.4) is 0 Å². The third-order valence-electron chi connectivity index (χ3n) is 5.47. The smallest absolute Gasteiger partial charge is 0.422 e. The zero-order valence-electron chi connectivity index (χ0n) is 21.2. The van der Waals surface area contributed by atoms with E-state index in [0.717, 1.165) is 34.9 Å². The summed E-state index contributed by atoms with van der Waals surface area (Å²) >= 11 is 0. The van der Waals surface area contributed by atoms with Crippen molar-refractivity contribution in [2.24, 2.45) is 0 Å². The standard InChI is InChI=1S/C27H21F6N5O3/c1-40-22(39)19-11-9-18(10-12-19)17-7-5-16(6-8-17)14-34-23-36-24(38-25(37-23)41-15-26(28,29)30)35-21-4-2-3-20(13-21)27(31,32)33/h2-13H,14-15H2,1H3,(H2,34,35,36,37,38). The van der Waals surface area contributed by atoms with Crippen LogP contribution in [0.1, 0.15) is 21.5 Å². The van der Waals surface area contributed by atoms with Gasteiger partial charge in [-0.15, -0.1) is 0 Å². The van der Waals surface area contributed by atoms with Crippen molar-refractivity contribution in [2.75, 3.05) is 24.4 Å². The Balaban J connectivity index is 1.49. The second kappa shape index (κ2) is 12.1. The van der Waals surface area contributed by atoms with E-state index in [9.17, 15) is 31.1 Å². The fraction of sp³-hybridized carbons (Fsp3) is 0.185. The summed E-state index contributed by atoms with van der Waals surface area (Å²) in [6.07, 6.45) is -9.28. The van der Waals surface area contributed by atoms with E-state index in [-0.39, 0.29) is 24.1 Å². The minimum absolute atomic E-state index is 0.0473. The molecule has 4 rings (SSSR count). The molecule has 41 heavy (non-hydrogen) atoms. The molecule has 14 heteroatoms. The molecule has 4 aromatic rings. The number of methoxy groups -OCH3 is 1. The summed E-state index contributed by atoms with van der Waals surface area (Å²) in [6.45, 7) is -1.53. The van der Waals surface area contributed by atoms with Crippen molar-refractivity contribution < 1.29 is 40.6 Å². The Morgan fingerprint density at radius 3 is 2.07 bits per heavy atom. The first-order valence-corrected chi connectivity index (χ1v) is 11.8. The average molecular weight is 577 g/mol. The predicted molar refractivity (Wildman–Crippen MR) is 137 cm³/mol. The van der Waals surface area contributed by atoms with Gasteiger partial charge in [-0.25, -0.2) is 4.79 Å². The Labute approximate surface area is 229 Å². The number of nitrogens with zero attached hydrogens (tertiary/aromatic N) is 3. The van der Waals surface area contributed by atoms with Crippen LogP contribution in [0.25, 0.3) is 11.1 Å². The first kappa shape index (κ1) is 29.1. The van der Waals surface area contributed by atoms with Gasteiger partial charge in [0.1, 0.15) is 0 Å². The Morgan fingerprint density at radius 1 is 0.829 bits per heavy atom. The van der Waals surface area contributed by atoms with Crippen molar-refractivity contribution in [3.8, 4) is 17.1 Å². The van der Waals surface area contributed by atoms with Crippen molar-refractivity contribution in [1.29, 1.82) is 0 Å². The van der Waals surface area contributed by atoms with Gasteiger partial charge in [-0.05, 0) is 47.0 Å². The molecule has 0 bridgehead atoms. The molecule has 1 heterocycles. The lowest BCUT2D eigenvalue weighted by molar-refractivity contribution is -0.154. The molecule has 0 aliphatic carbocycles. The summed E-state index contributed by atoms with van der Waals surface area (Å²) in [7, 11) is 1.30. The minimum Gasteiger partial charge on any atom is -0.465 e. The van der Waals surface area contributed by atoms with E-state index >= 15 is 0 Å². The quantitative estimate of drug-likeness (QED) is 0.169. The molecule has 0 saturated carbocycles. The molecule has 1 aromatic heterocycles. The average Bonchev–Trinajstić information content (AvgIpc) is 2.94. The van der Waals surface area contributed by atoms with Gasteiger partial charge in [-0.2, -0.15) is 41.3 Å². The molecule has 0 radical (unpaired) electrons. The van der Waals surface area contributed by atoms with Crippen LogP contribution < -0.4 is 15.4 Å². The molecule has 0 spiro atoms. The maximum atomic E-state index is 13.1. The Morgan fingerprint density at radius 2 is 1.46 bits per heavy atom. The van der Waals surface area contributed by atoms with Crippen LogP contribution in [0.15, 0.2) is 72.8 Å². The van der Waals surface area contributed by atoms with Crippen molar-refractivity contribution in [1.82, 2.24) is 15.0 Å². The number of esters is 1. The lowest BCUT2D eigenvalue weighted by Crippen LogP contribution is -2.21. The van der Waals surface area contributed by atoms with Crippen LogP contribution >= 0.6 is 0 Å². The summed E-state index contributed by atoms with van der Waals surface area (Å²) in [6, 6.07) is 17.5. The van der Waals surface area contributed by atoms with E-state index < -0.39 is 36.5 Å². The number of ether oxygens (including phenoxy) is 2. The molecule has 0 atom stereocenters. The number of anilines is 3. The highest BCUT2D eigenvalue weighted by molar-refractivity contribution is 5.90. The van der Waals surface area contributed by atoms with Gasteiger partial charge in [0.15, 0.2) is 6.61 Å². The highest BCUT2D eigenvalue weighted by Crippen LogP contribution is 2.31. The van der Waals surface area contributed by atoms with Crippen molar-refractivity contribution in [2.45, 2.75) is 18.9 Å². The van der Waals surface area contributed by atoms with Crippen molar-refractivity contribution in [3.63, 3.8) is 0 Å². The number of rotatable bonds is 9. The van der Waals surface area contributed by atoms with E-state index in [2.05, 4.69) is 35.1 Å². The van der Waals surface area contributed by atoms with Gasteiger partial charge in [-0.3, -0.25) is 0 Å². The number of hydrogen-bond acceptors (Lipinski definition) is 8. The normalized spacial score (nSPS) is 11.6. The van der Waals surface area contributed by atoms with Crippen LogP contribution in [-0.2, 0) is 17.5 Å². The number of aromatic nitrogens is 3. The number of nitrogens with one attached hydrogen (secondary N) is 2. The summed E-state index contributed by atoms with van der Waals surface area (Å²) in [5, 5.41) is 5.39. The molecule has 8 nitrogen and oxygen atoms in total. The lowest BCUT2D eigenvalue weighted by Gasteiger charge is -2.13. The van der Waals surface area contributed by atoms with E-state index in [1.807, 2.05) is 12.1 Å². The zero-order chi connectivity index (χ0) is 29.6.